The van der Waals surface area contributed by atoms with Crippen molar-refractivity contribution in [2.75, 3.05) is 6.61 Å². The van der Waals surface area contributed by atoms with Crippen LogP contribution in [0.1, 0.15) is 75.8 Å². The predicted octanol–water partition coefficient (Wildman–Crippen LogP) is 9.17. The summed E-state index contributed by atoms with van der Waals surface area (Å²) in [6.07, 6.45) is 2.76. The number of esters is 1. The molecule has 8 heteroatoms. The van der Waals surface area contributed by atoms with Crippen LogP contribution in [0.2, 0.25) is 5.02 Å². The number of carbonyl (C=O) groups is 1. The number of fused-ring (bicyclic) bond motifs is 2. The van der Waals surface area contributed by atoms with Gasteiger partial charge in [0.05, 0.1) is 33.6 Å². The Hall–Kier alpha value is -3.26. The number of nitrogens with zero attached hydrogens (tertiary/aromatic N) is 3. The van der Waals surface area contributed by atoms with Crippen LogP contribution in [0.5, 0.6) is 0 Å². The van der Waals surface area contributed by atoms with E-state index in [1.54, 1.807) is 11.3 Å². The second-order valence-corrected chi connectivity index (χ2v) is 13.5. The molecule has 1 aliphatic rings. The van der Waals surface area contributed by atoms with Gasteiger partial charge in [0, 0.05) is 40.1 Å². The molecule has 0 N–H and O–H groups in total. The summed E-state index contributed by atoms with van der Waals surface area (Å²) >= 11 is 7.93. The molecule has 1 atom stereocenters. The van der Waals surface area contributed by atoms with E-state index < -0.39 is 17.7 Å². The Balaban J connectivity index is 1.57. The van der Waals surface area contributed by atoms with Gasteiger partial charge in [-0.05, 0) is 95.0 Å². The monoisotopic (exact) mass is 601 g/mol. The topological polar surface area (TPSA) is 66.2 Å². The van der Waals surface area contributed by atoms with Gasteiger partial charge in [-0.1, -0.05) is 30.2 Å². The molecule has 218 valence electrons. The maximum atomic E-state index is 13.4. The molecular formula is C34H36ClN3O3S. The second-order valence-electron chi connectivity index (χ2n) is 12.1. The van der Waals surface area contributed by atoms with Crippen molar-refractivity contribution in [3.63, 3.8) is 0 Å². The Bertz CT molecular complexity index is 1800. The predicted molar refractivity (Wildman–Crippen MR) is 171 cm³/mol. The number of rotatable bonds is 7. The van der Waals surface area contributed by atoms with E-state index in [0.29, 0.717) is 10.9 Å². The van der Waals surface area contributed by atoms with E-state index in [4.69, 9.17) is 31.2 Å². The lowest BCUT2D eigenvalue weighted by molar-refractivity contribution is -0.166. The molecule has 0 aliphatic heterocycles. The largest absolute Gasteiger partial charge is 0.464 e. The van der Waals surface area contributed by atoms with Gasteiger partial charge in [0.15, 0.2) is 6.10 Å². The molecule has 2 heterocycles. The molecule has 0 unspecified atom stereocenters. The van der Waals surface area contributed by atoms with E-state index in [2.05, 4.69) is 24.3 Å². The quantitative estimate of drug-likeness (QED) is 0.174. The fraction of sp³-hybridized carbons (Fsp3) is 0.382. The maximum absolute atomic E-state index is 13.4. The van der Waals surface area contributed by atoms with Crippen LogP contribution in [0.3, 0.4) is 0 Å². The lowest BCUT2D eigenvalue weighted by atomic mass is 9.82. The van der Waals surface area contributed by atoms with Crippen LogP contribution in [0.25, 0.3) is 42.8 Å². The first-order valence-corrected chi connectivity index (χ1v) is 15.7. The smallest absolute Gasteiger partial charge is 0.339 e. The Kier molecular flexibility index (Phi) is 7.62. The zero-order valence-electron chi connectivity index (χ0n) is 25.0. The Morgan fingerprint density at radius 1 is 1.12 bits per heavy atom. The Labute approximate surface area is 255 Å². The standard InChI is InChI=1S/C34H36ClN3O3S/c1-7-40-33(39)30(41-34(3,4)5)27-19(2)17-25-31(28(27)20-11-14-23(35)15-12-20)42-32(36-25)22-13-16-26-24(18-22)29(37-38(26)6)21-9-8-10-21/h11-18,21,30H,7-10H2,1-6H3/t30-/m0/s1. The SMILES string of the molecule is CCOC(=O)[C@@H](OC(C)(C)C)c1c(C)cc2nc(-c3ccc4c(c3)c(C3CCC3)nn4C)sc2c1-c1ccc(Cl)cc1. The molecule has 1 aliphatic carbocycles. The molecular weight excluding hydrogens is 566 g/mol. The van der Waals surface area contributed by atoms with Gasteiger partial charge in [-0.15, -0.1) is 11.3 Å². The summed E-state index contributed by atoms with van der Waals surface area (Å²) in [5.41, 5.74) is 7.27. The number of benzene rings is 3. The molecule has 2 aromatic heterocycles. The summed E-state index contributed by atoms with van der Waals surface area (Å²) in [5.74, 6) is 0.129. The highest BCUT2D eigenvalue weighted by atomic mass is 35.5. The highest BCUT2D eigenvalue weighted by Crippen LogP contribution is 2.45. The molecule has 0 bridgehead atoms. The molecule has 3 aromatic carbocycles. The minimum absolute atomic E-state index is 0.269. The highest BCUT2D eigenvalue weighted by molar-refractivity contribution is 7.22. The molecule has 1 fully saturated rings. The minimum Gasteiger partial charge on any atom is -0.464 e. The van der Waals surface area contributed by atoms with Crippen molar-refractivity contribution < 1.29 is 14.3 Å². The number of hydrogen-bond donors (Lipinski definition) is 0. The first-order valence-electron chi connectivity index (χ1n) is 14.6. The van der Waals surface area contributed by atoms with Gasteiger partial charge >= 0.3 is 5.97 Å². The van der Waals surface area contributed by atoms with E-state index in [0.717, 1.165) is 48.6 Å². The maximum Gasteiger partial charge on any atom is 0.339 e. The van der Waals surface area contributed by atoms with Crippen molar-refractivity contribution in [2.24, 2.45) is 7.05 Å². The molecule has 0 radical (unpaired) electrons. The second kappa shape index (κ2) is 11.1. The van der Waals surface area contributed by atoms with Gasteiger partial charge in [-0.3, -0.25) is 4.68 Å². The van der Waals surface area contributed by atoms with Crippen molar-refractivity contribution in [1.29, 1.82) is 0 Å². The molecule has 1 saturated carbocycles. The summed E-state index contributed by atoms with van der Waals surface area (Å²) in [4.78, 5) is 18.6. The zero-order valence-corrected chi connectivity index (χ0v) is 26.5. The summed E-state index contributed by atoms with van der Waals surface area (Å²) in [5, 5.41) is 7.66. The van der Waals surface area contributed by atoms with Crippen LogP contribution in [0, 0.1) is 6.92 Å². The van der Waals surface area contributed by atoms with E-state index in [1.807, 2.05) is 70.6 Å². The molecule has 0 saturated heterocycles. The van der Waals surface area contributed by atoms with Gasteiger partial charge < -0.3 is 9.47 Å². The lowest BCUT2D eigenvalue weighted by Gasteiger charge is -2.29. The third-order valence-corrected chi connectivity index (χ3v) is 9.30. The third kappa shape index (κ3) is 5.34. The lowest BCUT2D eigenvalue weighted by Crippen LogP contribution is -2.29. The average Bonchev–Trinajstić information content (AvgIpc) is 3.46. The Morgan fingerprint density at radius 2 is 1.83 bits per heavy atom. The van der Waals surface area contributed by atoms with E-state index in [1.165, 1.54) is 30.3 Å². The number of ether oxygens (including phenoxy) is 2. The van der Waals surface area contributed by atoms with Gasteiger partial charge in [-0.2, -0.15) is 5.10 Å². The van der Waals surface area contributed by atoms with E-state index in [-0.39, 0.29) is 6.61 Å². The van der Waals surface area contributed by atoms with Gasteiger partial charge in [0.1, 0.15) is 5.01 Å². The van der Waals surface area contributed by atoms with Crippen LogP contribution in [0.15, 0.2) is 48.5 Å². The zero-order chi connectivity index (χ0) is 29.8. The van der Waals surface area contributed by atoms with Crippen LogP contribution < -0.4 is 0 Å². The fourth-order valence-electron chi connectivity index (χ4n) is 5.78. The van der Waals surface area contributed by atoms with Crippen LogP contribution in [0.4, 0.5) is 0 Å². The fourth-order valence-corrected chi connectivity index (χ4v) is 7.03. The van der Waals surface area contributed by atoms with Crippen molar-refractivity contribution >= 4 is 50.0 Å². The molecule has 42 heavy (non-hydrogen) atoms. The Morgan fingerprint density at radius 3 is 2.48 bits per heavy atom. The summed E-state index contributed by atoms with van der Waals surface area (Å²) in [6.45, 7) is 9.95. The van der Waals surface area contributed by atoms with Crippen LogP contribution >= 0.6 is 22.9 Å². The van der Waals surface area contributed by atoms with Gasteiger partial charge in [0.2, 0.25) is 0 Å². The van der Waals surface area contributed by atoms with Crippen molar-refractivity contribution in [3.8, 4) is 21.7 Å². The summed E-state index contributed by atoms with van der Waals surface area (Å²) in [7, 11) is 2.02. The van der Waals surface area contributed by atoms with E-state index >= 15 is 0 Å². The van der Waals surface area contributed by atoms with E-state index in [9.17, 15) is 4.79 Å². The molecule has 0 amide bonds. The number of aromatic nitrogens is 3. The number of carbonyl (C=O) groups excluding carboxylic acids is 1. The molecule has 0 spiro atoms. The summed E-state index contributed by atoms with van der Waals surface area (Å²) in [6, 6.07) is 16.3. The number of thiazole rings is 1. The van der Waals surface area contributed by atoms with Crippen LogP contribution in [-0.2, 0) is 21.3 Å². The van der Waals surface area contributed by atoms with Gasteiger partial charge in [0.25, 0.3) is 0 Å². The molecule has 5 aromatic rings. The highest BCUT2D eigenvalue weighted by Gasteiger charge is 2.34. The average molecular weight is 602 g/mol. The first-order chi connectivity index (χ1) is 20.0. The molecule has 6 rings (SSSR count). The number of hydrogen-bond acceptors (Lipinski definition) is 6. The third-order valence-electron chi connectivity index (χ3n) is 7.91. The minimum atomic E-state index is -0.901. The summed E-state index contributed by atoms with van der Waals surface area (Å²) < 4.78 is 14.9. The normalized spacial score (nSPS) is 14.8. The number of aryl methyl sites for hydroxylation is 2. The van der Waals surface area contributed by atoms with Crippen LogP contribution in [-0.4, -0.2) is 32.9 Å². The number of halogens is 1. The molecule has 6 nitrogen and oxygen atoms in total. The van der Waals surface area contributed by atoms with Crippen molar-refractivity contribution in [1.82, 2.24) is 14.8 Å². The van der Waals surface area contributed by atoms with Crippen molar-refractivity contribution in [2.45, 2.75) is 71.5 Å². The first kappa shape index (κ1) is 28.8. The van der Waals surface area contributed by atoms with Crippen molar-refractivity contribution in [3.05, 3.63) is 70.4 Å². The van der Waals surface area contributed by atoms with Gasteiger partial charge in [-0.25, -0.2) is 9.78 Å².